The summed E-state index contributed by atoms with van der Waals surface area (Å²) in [4.78, 5) is 45.6. The Morgan fingerprint density at radius 3 is 2.41 bits per heavy atom. The molecule has 3 heterocycles. The van der Waals surface area contributed by atoms with Crippen molar-refractivity contribution in [2.24, 2.45) is 0 Å². The number of carbonyl (C=O) groups excluding carboxylic acids is 3. The zero-order chi connectivity index (χ0) is 21.3. The van der Waals surface area contributed by atoms with Crippen molar-refractivity contribution in [3.05, 3.63) is 24.6 Å². The standard InChI is InChI=1S/C18H20N6O5/c1-10(25)24(11(2)26)16-15-21-14(12-7-6-8-28-12)22-23(15)9-13(19-16)20-17(27)29-18(3,4)5/h6-9H,1-5H3,(H,20,27). The molecule has 3 aromatic rings. The average molecular weight is 400 g/mol. The fraction of sp³-hybridized carbons (Fsp3) is 0.333. The number of hydrogen-bond acceptors (Lipinski definition) is 8. The Kier molecular flexibility index (Phi) is 5.06. The van der Waals surface area contributed by atoms with Crippen LogP contribution in [0.3, 0.4) is 0 Å². The van der Waals surface area contributed by atoms with E-state index >= 15 is 0 Å². The molecule has 11 nitrogen and oxygen atoms in total. The van der Waals surface area contributed by atoms with Gasteiger partial charge >= 0.3 is 6.09 Å². The molecule has 0 aliphatic rings. The first kappa shape index (κ1) is 20.0. The highest BCUT2D eigenvalue weighted by atomic mass is 16.6. The second kappa shape index (κ2) is 7.34. The smallest absolute Gasteiger partial charge is 0.413 e. The van der Waals surface area contributed by atoms with Crippen molar-refractivity contribution in [2.75, 3.05) is 10.2 Å². The first-order chi connectivity index (χ1) is 13.5. The number of aromatic nitrogens is 4. The molecule has 29 heavy (non-hydrogen) atoms. The van der Waals surface area contributed by atoms with Gasteiger partial charge in [-0.15, -0.1) is 5.10 Å². The summed E-state index contributed by atoms with van der Waals surface area (Å²) in [5.74, 6) is -0.584. The zero-order valence-electron chi connectivity index (χ0n) is 16.6. The molecule has 152 valence electrons. The highest BCUT2D eigenvalue weighted by Crippen LogP contribution is 2.25. The first-order valence-corrected chi connectivity index (χ1v) is 8.68. The lowest BCUT2D eigenvalue weighted by atomic mass is 10.2. The predicted molar refractivity (Wildman–Crippen MR) is 102 cm³/mol. The average Bonchev–Trinajstić information content (AvgIpc) is 3.21. The third-order valence-electron chi connectivity index (χ3n) is 3.51. The van der Waals surface area contributed by atoms with Crippen LogP contribution in [0.15, 0.2) is 29.0 Å². The molecule has 0 radical (unpaired) electrons. The van der Waals surface area contributed by atoms with E-state index in [1.54, 1.807) is 32.9 Å². The van der Waals surface area contributed by atoms with Crippen molar-refractivity contribution >= 4 is 35.2 Å². The van der Waals surface area contributed by atoms with Gasteiger partial charge < -0.3 is 9.15 Å². The molecule has 0 saturated heterocycles. The first-order valence-electron chi connectivity index (χ1n) is 8.68. The monoisotopic (exact) mass is 400 g/mol. The Bertz CT molecular complexity index is 1070. The molecule has 0 aliphatic heterocycles. The normalized spacial score (nSPS) is 11.3. The molecule has 0 atom stereocenters. The molecule has 0 unspecified atom stereocenters. The molecular formula is C18H20N6O5. The van der Waals surface area contributed by atoms with Crippen LogP contribution in [0, 0.1) is 0 Å². The molecule has 3 rings (SSSR count). The Morgan fingerprint density at radius 1 is 1.17 bits per heavy atom. The van der Waals surface area contributed by atoms with E-state index in [1.165, 1.54) is 30.8 Å². The van der Waals surface area contributed by atoms with Gasteiger partial charge in [-0.05, 0) is 32.9 Å². The molecule has 0 spiro atoms. The maximum atomic E-state index is 12.1. The van der Waals surface area contributed by atoms with Gasteiger partial charge in [0, 0.05) is 13.8 Å². The van der Waals surface area contributed by atoms with Crippen LogP contribution in [0.5, 0.6) is 0 Å². The second-order valence-electron chi connectivity index (χ2n) is 7.13. The minimum absolute atomic E-state index is 0.0187. The summed E-state index contributed by atoms with van der Waals surface area (Å²) >= 11 is 0. The number of ether oxygens (including phenoxy) is 1. The van der Waals surface area contributed by atoms with Crippen LogP contribution in [-0.4, -0.2) is 43.1 Å². The minimum Gasteiger partial charge on any atom is -0.461 e. The van der Waals surface area contributed by atoms with Crippen LogP contribution >= 0.6 is 0 Å². The van der Waals surface area contributed by atoms with E-state index in [9.17, 15) is 14.4 Å². The van der Waals surface area contributed by atoms with Gasteiger partial charge in [-0.25, -0.2) is 24.2 Å². The number of amides is 3. The number of rotatable bonds is 3. The van der Waals surface area contributed by atoms with E-state index in [1.807, 2.05) is 0 Å². The summed E-state index contributed by atoms with van der Waals surface area (Å²) in [6, 6.07) is 3.34. The summed E-state index contributed by atoms with van der Waals surface area (Å²) in [5.41, 5.74) is -0.585. The predicted octanol–water partition coefficient (Wildman–Crippen LogP) is 2.63. The Labute approximate surface area is 165 Å². The van der Waals surface area contributed by atoms with Gasteiger partial charge in [0.2, 0.25) is 17.6 Å². The Morgan fingerprint density at radius 2 is 1.86 bits per heavy atom. The molecule has 0 aliphatic carbocycles. The lowest BCUT2D eigenvalue weighted by molar-refractivity contribution is -0.124. The van der Waals surface area contributed by atoms with Gasteiger partial charge in [-0.2, -0.15) is 0 Å². The summed E-state index contributed by atoms with van der Waals surface area (Å²) in [7, 11) is 0. The molecule has 0 saturated carbocycles. The van der Waals surface area contributed by atoms with Crippen LogP contribution in [0.1, 0.15) is 34.6 Å². The number of anilines is 2. The molecule has 11 heteroatoms. The van der Waals surface area contributed by atoms with Gasteiger partial charge in [-0.3, -0.25) is 14.9 Å². The van der Waals surface area contributed by atoms with Crippen LogP contribution in [0.25, 0.3) is 17.2 Å². The molecular weight excluding hydrogens is 380 g/mol. The quantitative estimate of drug-likeness (QED) is 0.709. The van der Waals surface area contributed by atoms with Crippen molar-refractivity contribution in [1.29, 1.82) is 0 Å². The van der Waals surface area contributed by atoms with Gasteiger partial charge in [0.15, 0.2) is 23.0 Å². The molecule has 0 aromatic carbocycles. The van der Waals surface area contributed by atoms with Gasteiger partial charge in [-0.1, -0.05) is 0 Å². The van der Waals surface area contributed by atoms with E-state index in [-0.39, 0.29) is 23.1 Å². The molecule has 3 amide bonds. The number of nitrogens with zero attached hydrogens (tertiary/aromatic N) is 5. The van der Waals surface area contributed by atoms with E-state index < -0.39 is 23.5 Å². The number of imide groups is 1. The molecule has 0 bridgehead atoms. The third kappa shape index (κ3) is 4.39. The SMILES string of the molecule is CC(=O)N(C(C)=O)c1nc(NC(=O)OC(C)(C)C)cn2nc(-c3ccco3)nc12. The Hall–Kier alpha value is -3.76. The zero-order valence-corrected chi connectivity index (χ0v) is 16.6. The van der Waals surface area contributed by atoms with E-state index in [4.69, 9.17) is 9.15 Å². The molecule has 3 aromatic heterocycles. The Balaban J connectivity index is 2.12. The number of fused-ring (bicyclic) bond motifs is 1. The third-order valence-corrected chi connectivity index (χ3v) is 3.51. The van der Waals surface area contributed by atoms with E-state index in [0.29, 0.717) is 5.76 Å². The summed E-state index contributed by atoms with van der Waals surface area (Å²) in [5, 5.41) is 6.76. The van der Waals surface area contributed by atoms with E-state index in [2.05, 4.69) is 20.4 Å². The highest BCUT2D eigenvalue weighted by Gasteiger charge is 2.25. The summed E-state index contributed by atoms with van der Waals surface area (Å²) < 4.78 is 11.8. The van der Waals surface area contributed by atoms with Gasteiger partial charge in [0.1, 0.15) is 5.60 Å². The van der Waals surface area contributed by atoms with Crippen molar-refractivity contribution < 1.29 is 23.5 Å². The number of furan rings is 1. The maximum absolute atomic E-state index is 12.1. The molecule has 1 N–H and O–H groups in total. The maximum Gasteiger partial charge on any atom is 0.413 e. The number of carbonyl (C=O) groups is 3. The lowest BCUT2D eigenvalue weighted by Crippen LogP contribution is -2.34. The van der Waals surface area contributed by atoms with E-state index in [0.717, 1.165) is 4.90 Å². The second-order valence-corrected chi connectivity index (χ2v) is 7.13. The number of hydrogen-bond donors (Lipinski definition) is 1. The lowest BCUT2D eigenvalue weighted by Gasteiger charge is -2.20. The minimum atomic E-state index is -0.751. The fourth-order valence-electron chi connectivity index (χ4n) is 2.52. The van der Waals surface area contributed by atoms with Crippen LogP contribution in [0.4, 0.5) is 16.4 Å². The van der Waals surface area contributed by atoms with Crippen molar-refractivity contribution in [2.45, 2.75) is 40.2 Å². The largest absolute Gasteiger partial charge is 0.461 e. The van der Waals surface area contributed by atoms with Crippen molar-refractivity contribution in [1.82, 2.24) is 19.6 Å². The van der Waals surface area contributed by atoms with Crippen molar-refractivity contribution in [3.63, 3.8) is 0 Å². The highest BCUT2D eigenvalue weighted by molar-refractivity contribution is 6.14. The number of nitrogens with one attached hydrogen (secondary N) is 1. The van der Waals surface area contributed by atoms with Gasteiger partial charge in [0.25, 0.3) is 0 Å². The topological polar surface area (TPSA) is 132 Å². The summed E-state index contributed by atoms with van der Waals surface area (Å²) in [6.07, 6.45) is 2.10. The van der Waals surface area contributed by atoms with Gasteiger partial charge in [0.05, 0.1) is 12.5 Å². The molecule has 0 fully saturated rings. The van der Waals surface area contributed by atoms with Crippen LogP contribution in [0.2, 0.25) is 0 Å². The van der Waals surface area contributed by atoms with Crippen LogP contribution in [-0.2, 0) is 14.3 Å². The fourth-order valence-corrected chi connectivity index (χ4v) is 2.52. The summed E-state index contributed by atoms with van der Waals surface area (Å²) in [6.45, 7) is 7.59. The van der Waals surface area contributed by atoms with Crippen LogP contribution < -0.4 is 10.2 Å². The van der Waals surface area contributed by atoms with Crippen molar-refractivity contribution in [3.8, 4) is 11.6 Å².